The van der Waals surface area contributed by atoms with E-state index in [1.165, 1.54) is 13.8 Å². The van der Waals surface area contributed by atoms with Crippen LogP contribution in [0.3, 0.4) is 0 Å². The Bertz CT molecular complexity index is 1130. The predicted octanol–water partition coefficient (Wildman–Crippen LogP) is 2.54. The molecule has 220 valence electrons. The smallest absolute Gasteiger partial charge is 0.311 e. The molecule has 3 atom stereocenters. The summed E-state index contributed by atoms with van der Waals surface area (Å²) in [5.41, 5.74) is 0.303. The lowest BCUT2D eigenvalue weighted by atomic mass is 9.80. The molecule has 2 rings (SSSR count). The van der Waals surface area contributed by atoms with E-state index in [9.17, 15) is 28.8 Å². The van der Waals surface area contributed by atoms with Gasteiger partial charge in [-0.1, -0.05) is 32.9 Å². The Labute approximate surface area is 235 Å². The number of ether oxygens (including phenoxy) is 1. The minimum Gasteiger partial charge on any atom is -0.460 e. The number of amides is 5. The number of anilines is 1. The summed E-state index contributed by atoms with van der Waals surface area (Å²) in [5, 5.41) is 7.79. The van der Waals surface area contributed by atoms with Gasteiger partial charge in [0.1, 0.15) is 18.7 Å². The average Bonchev–Trinajstić information content (AvgIpc) is 3.14. The van der Waals surface area contributed by atoms with Gasteiger partial charge in [-0.3, -0.25) is 33.7 Å². The Morgan fingerprint density at radius 2 is 1.50 bits per heavy atom. The van der Waals surface area contributed by atoms with E-state index in [-0.39, 0.29) is 49.2 Å². The highest BCUT2D eigenvalue weighted by atomic mass is 16.5. The number of hydrogen-bond acceptors (Lipinski definition) is 7. The van der Waals surface area contributed by atoms with Crippen LogP contribution in [-0.2, 0) is 40.1 Å². The summed E-state index contributed by atoms with van der Waals surface area (Å²) in [4.78, 5) is 75.3. The van der Waals surface area contributed by atoms with E-state index < -0.39 is 41.1 Å². The van der Waals surface area contributed by atoms with Crippen LogP contribution in [0.2, 0.25) is 0 Å². The maximum Gasteiger partial charge on any atom is 0.311 e. The first-order chi connectivity index (χ1) is 18.4. The van der Waals surface area contributed by atoms with Crippen LogP contribution >= 0.6 is 0 Å². The van der Waals surface area contributed by atoms with Gasteiger partial charge < -0.3 is 20.7 Å². The molecular weight excluding hydrogens is 516 g/mol. The Kier molecular flexibility index (Phi) is 10.6. The fourth-order valence-electron chi connectivity index (χ4n) is 3.89. The first kappa shape index (κ1) is 32.5. The third-order valence-corrected chi connectivity index (χ3v) is 6.58. The molecular formula is C29H42N4O7. The van der Waals surface area contributed by atoms with Crippen molar-refractivity contribution >= 4 is 41.2 Å². The van der Waals surface area contributed by atoms with Gasteiger partial charge in [0, 0.05) is 25.1 Å². The topological polar surface area (TPSA) is 151 Å². The average molecular weight is 559 g/mol. The molecule has 0 spiro atoms. The molecule has 1 fully saturated rings. The Balaban J connectivity index is 1.78. The largest absolute Gasteiger partial charge is 0.460 e. The molecule has 11 nitrogen and oxygen atoms in total. The number of hydrogen-bond donors (Lipinski definition) is 3. The van der Waals surface area contributed by atoms with Gasteiger partial charge in [-0.15, -0.1) is 0 Å². The lowest BCUT2D eigenvalue weighted by Crippen LogP contribution is -2.50. The van der Waals surface area contributed by atoms with Crippen molar-refractivity contribution in [2.24, 2.45) is 16.7 Å². The molecule has 1 aliphatic heterocycles. The van der Waals surface area contributed by atoms with Crippen LogP contribution in [0.15, 0.2) is 24.3 Å². The van der Waals surface area contributed by atoms with Gasteiger partial charge in [-0.2, -0.15) is 0 Å². The third-order valence-electron chi connectivity index (χ3n) is 6.58. The molecule has 1 unspecified atom stereocenters. The number of nitrogens with one attached hydrogen (secondary N) is 3. The van der Waals surface area contributed by atoms with Gasteiger partial charge in [0.05, 0.1) is 11.3 Å². The molecule has 1 aromatic carbocycles. The molecule has 0 bridgehead atoms. The number of benzene rings is 1. The Hall–Kier alpha value is -3.76. The first-order valence-corrected chi connectivity index (χ1v) is 13.4. The second kappa shape index (κ2) is 13.1. The van der Waals surface area contributed by atoms with E-state index >= 15 is 0 Å². The van der Waals surface area contributed by atoms with Gasteiger partial charge in [-0.05, 0) is 57.7 Å². The number of likely N-dealkylation sites (tertiary alicyclic amines) is 1. The fraction of sp³-hybridized carbons (Fsp3) is 0.586. The van der Waals surface area contributed by atoms with Gasteiger partial charge in [0.15, 0.2) is 0 Å². The summed E-state index contributed by atoms with van der Waals surface area (Å²) >= 11 is 0. The second-order valence-electron chi connectivity index (χ2n) is 12.3. The van der Waals surface area contributed by atoms with Crippen molar-refractivity contribution in [2.75, 3.05) is 11.9 Å². The minimum absolute atomic E-state index is 0.0545. The third kappa shape index (κ3) is 9.17. The van der Waals surface area contributed by atoms with Crippen molar-refractivity contribution in [3.8, 4) is 0 Å². The summed E-state index contributed by atoms with van der Waals surface area (Å²) < 4.78 is 5.28. The minimum atomic E-state index is -0.940. The number of carbonyl (C=O) groups is 6. The summed E-state index contributed by atoms with van der Waals surface area (Å²) in [7, 11) is 0. The summed E-state index contributed by atoms with van der Waals surface area (Å²) in [6.07, 6.45) is -0.00681. The van der Waals surface area contributed by atoms with Crippen LogP contribution in [0.4, 0.5) is 5.69 Å². The quantitative estimate of drug-likeness (QED) is 0.295. The second-order valence-corrected chi connectivity index (χ2v) is 12.3. The van der Waals surface area contributed by atoms with Gasteiger partial charge >= 0.3 is 5.97 Å². The van der Waals surface area contributed by atoms with E-state index in [0.29, 0.717) is 5.69 Å². The Morgan fingerprint density at radius 1 is 0.925 bits per heavy atom. The lowest BCUT2D eigenvalue weighted by molar-refractivity contribution is -0.154. The normalized spacial score (nSPS) is 17.2. The van der Waals surface area contributed by atoms with Gasteiger partial charge in [-0.25, -0.2) is 0 Å². The molecule has 11 heteroatoms. The van der Waals surface area contributed by atoms with E-state index in [1.807, 2.05) is 20.8 Å². The van der Waals surface area contributed by atoms with E-state index in [4.69, 9.17) is 4.74 Å². The number of carbonyl (C=O) groups excluding carboxylic acids is 6. The van der Waals surface area contributed by atoms with Crippen LogP contribution in [0.1, 0.15) is 73.8 Å². The van der Waals surface area contributed by atoms with Crippen LogP contribution in [-0.4, -0.2) is 59.0 Å². The summed E-state index contributed by atoms with van der Waals surface area (Å²) in [6, 6.07) is 4.93. The molecule has 0 aromatic heterocycles. The molecule has 1 aromatic rings. The molecule has 1 aliphatic rings. The predicted molar refractivity (Wildman–Crippen MR) is 148 cm³/mol. The zero-order valence-electron chi connectivity index (χ0n) is 24.7. The molecule has 0 aliphatic carbocycles. The molecule has 0 saturated carbocycles. The highest BCUT2D eigenvalue weighted by Gasteiger charge is 2.44. The van der Waals surface area contributed by atoms with Crippen LogP contribution < -0.4 is 16.0 Å². The summed E-state index contributed by atoms with van der Waals surface area (Å²) in [5.74, 6) is -2.84. The first-order valence-electron chi connectivity index (χ1n) is 13.4. The molecule has 1 heterocycles. The van der Waals surface area contributed by atoms with E-state index in [2.05, 4.69) is 16.0 Å². The number of nitrogens with zero attached hydrogens (tertiary/aromatic N) is 1. The van der Waals surface area contributed by atoms with Crippen LogP contribution in [0, 0.1) is 16.7 Å². The monoisotopic (exact) mass is 558 g/mol. The maximum atomic E-state index is 12.6. The van der Waals surface area contributed by atoms with Crippen molar-refractivity contribution in [1.82, 2.24) is 15.5 Å². The number of rotatable bonds is 10. The maximum absolute atomic E-state index is 12.6. The summed E-state index contributed by atoms with van der Waals surface area (Å²) in [6.45, 7) is 14.0. The molecule has 5 amide bonds. The van der Waals surface area contributed by atoms with Crippen molar-refractivity contribution < 1.29 is 33.5 Å². The molecule has 3 N–H and O–H groups in total. The van der Waals surface area contributed by atoms with E-state index in [1.54, 1.807) is 45.0 Å². The molecule has 1 saturated heterocycles. The molecule has 0 radical (unpaired) electrons. The van der Waals surface area contributed by atoms with Gasteiger partial charge in [0.25, 0.3) is 0 Å². The van der Waals surface area contributed by atoms with Gasteiger partial charge in [0.2, 0.25) is 29.5 Å². The SMILES string of the molecule is C[C@H](NC(=O)CCN1C(=O)CC(C(C)(C)C)C1=O)C(=O)N[C@@H](C)C(=O)Nc1ccc(COC(=O)C(C)(C)C)cc1. The standard InChI is InChI=1S/C29H42N4O7/c1-17(30-22(34)13-14-33-23(35)15-21(26(33)38)28(3,4)5)24(36)31-18(2)25(37)32-20-11-9-19(10-12-20)16-40-27(39)29(6,7)8/h9-12,17-18,21H,13-16H2,1-8H3,(H,30,34)(H,31,36)(H,32,37)/t17-,18-,21?/m0/s1. The fourth-order valence-corrected chi connectivity index (χ4v) is 3.89. The van der Waals surface area contributed by atoms with Crippen LogP contribution in [0.5, 0.6) is 0 Å². The zero-order chi connectivity index (χ0) is 30.4. The number of esters is 1. The van der Waals surface area contributed by atoms with E-state index in [0.717, 1.165) is 10.5 Å². The van der Waals surface area contributed by atoms with Crippen molar-refractivity contribution in [2.45, 2.75) is 86.9 Å². The van der Waals surface area contributed by atoms with Crippen molar-refractivity contribution in [3.05, 3.63) is 29.8 Å². The highest BCUT2D eigenvalue weighted by molar-refractivity contribution is 6.04. The Morgan fingerprint density at radius 3 is 2.02 bits per heavy atom. The highest BCUT2D eigenvalue weighted by Crippen LogP contribution is 2.35. The number of imide groups is 1. The van der Waals surface area contributed by atoms with Crippen molar-refractivity contribution in [1.29, 1.82) is 0 Å². The van der Waals surface area contributed by atoms with Crippen molar-refractivity contribution in [3.63, 3.8) is 0 Å². The zero-order valence-corrected chi connectivity index (χ0v) is 24.7. The molecule has 40 heavy (non-hydrogen) atoms. The lowest BCUT2D eigenvalue weighted by Gasteiger charge is -2.24. The van der Waals surface area contributed by atoms with Crippen LogP contribution in [0.25, 0.3) is 0 Å².